The van der Waals surface area contributed by atoms with Crippen LogP contribution in [0.3, 0.4) is 0 Å². The average molecular weight is 290 g/mol. The summed E-state index contributed by atoms with van der Waals surface area (Å²) >= 11 is 0. The summed E-state index contributed by atoms with van der Waals surface area (Å²) in [5.41, 5.74) is 0. The summed E-state index contributed by atoms with van der Waals surface area (Å²) in [6.07, 6.45) is 4.13. The van der Waals surface area contributed by atoms with Crippen molar-refractivity contribution in [3.8, 4) is 5.75 Å². The average Bonchev–Trinajstić information content (AvgIpc) is 2.54. The Morgan fingerprint density at radius 3 is 2.81 bits per heavy atom. The van der Waals surface area contributed by atoms with Crippen molar-refractivity contribution in [1.29, 1.82) is 0 Å². The lowest BCUT2D eigenvalue weighted by atomic mass is 10.0. The van der Waals surface area contributed by atoms with Crippen LogP contribution in [0, 0.1) is 0 Å². The molecule has 1 aromatic rings. The molecule has 0 aromatic heterocycles. The third kappa shape index (κ3) is 5.38. The van der Waals surface area contributed by atoms with Gasteiger partial charge in [-0.25, -0.2) is 0 Å². The number of amides is 1. The van der Waals surface area contributed by atoms with E-state index in [1.807, 2.05) is 42.2 Å². The van der Waals surface area contributed by atoms with Gasteiger partial charge in [-0.1, -0.05) is 24.6 Å². The first kappa shape index (κ1) is 15.8. The van der Waals surface area contributed by atoms with Gasteiger partial charge < -0.3 is 15.0 Å². The fourth-order valence-corrected chi connectivity index (χ4v) is 2.68. The quantitative estimate of drug-likeness (QED) is 0.838. The molecule has 0 spiro atoms. The monoisotopic (exact) mass is 290 g/mol. The topological polar surface area (TPSA) is 41.6 Å². The second kappa shape index (κ2) is 8.67. The zero-order valence-electron chi connectivity index (χ0n) is 12.9. The molecule has 1 atom stereocenters. The molecule has 1 N–H and O–H groups in total. The molecule has 1 aliphatic rings. The van der Waals surface area contributed by atoms with E-state index in [1.54, 1.807) is 0 Å². The minimum atomic E-state index is 0.181. The van der Waals surface area contributed by atoms with Crippen LogP contribution in [-0.4, -0.2) is 43.1 Å². The van der Waals surface area contributed by atoms with Crippen molar-refractivity contribution in [2.75, 3.05) is 26.2 Å². The van der Waals surface area contributed by atoms with E-state index in [0.717, 1.165) is 25.4 Å². The Balaban J connectivity index is 1.72. The maximum Gasteiger partial charge on any atom is 0.226 e. The molecule has 1 saturated heterocycles. The number of nitrogens with one attached hydrogen (secondary N) is 1. The van der Waals surface area contributed by atoms with E-state index in [2.05, 4.69) is 5.32 Å². The van der Waals surface area contributed by atoms with Gasteiger partial charge in [0.15, 0.2) is 0 Å². The van der Waals surface area contributed by atoms with Crippen LogP contribution in [0.4, 0.5) is 0 Å². The maximum absolute atomic E-state index is 12.3. The summed E-state index contributed by atoms with van der Waals surface area (Å²) in [4.78, 5) is 14.2. The number of carbonyl (C=O) groups excluding carboxylic acids is 1. The van der Waals surface area contributed by atoms with E-state index in [1.165, 1.54) is 19.3 Å². The van der Waals surface area contributed by atoms with E-state index in [-0.39, 0.29) is 5.91 Å². The molecule has 116 valence electrons. The van der Waals surface area contributed by atoms with Gasteiger partial charge in [0.1, 0.15) is 5.75 Å². The highest BCUT2D eigenvalue weighted by Crippen LogP contribution is 2.11. The van der Waals surface area contributed by atoms with Gasteiger partial charge in [-0.2, -0.15) is 0 Å². The molecule has 4 nitrogen and oxygen atoms in total. The summed E-state index contributed by atoms with van der Waals surface area (Å²) in [6, 6.07) is 10.1. The minimum Gasteiger partial charge on any atom is -0.493 e. The second-order valence-electron chi connectivity index (χ2n) is 5.49. The summed E-state index contributed by atoms with van der Waals surface area (Å²) in [7, 11) is 0. The first-order chi connectivity index (χ1) is 10.3. The Kier molecular flexibility index (Phi) is 6.54. The number of hydrogen-bond donors (Lipinski definition) is 1. The minimum absolute atomic E-state index is 0.181. The summed E-state index contributed by atoms with van der Waals surface area (Å²) in [5, 5.41) is 3.50. The lowest BCUT2D eigenvalue weighted by molar-refractivity contribution is -0.132. The van der Waals surface area contributed by atoms with E-state index in [0.29, 0.717) is 19.1 Å². The highest BCUT2D eigenvalue weighted by atomic mass is 16.5. The van der Waals surface area contributed by atoms with Crippen LogP contribution in [-0.2, 0) is 4.79 Å². The van der Waals surface area contributed by atoms with Crippen molar-refractivity contribution >= 4 is 5.91 Å². The van der Waals surface area contributed by atoms with Crippen LogP contribution in [0.15, 0.2) is 30.3 Å². The number of nitrogens with zero attached hydrogens (tertiary/aromatic N) is 1. The first-order valence-corrected chi connectivity index (χ1v) is 7.98. The molecule has 0 radical (unpaired) electrons. The summed E-state index contributed by atoms with van der Waals surface area (Å²) in [5.74, 6) is 1.00. The molecule has 2 rings (SSSR count). The number of piperidine rings is 1. The van der Waals surface area contributed by atoms with Crippen molar-refractivity contribution in [3.05, 3.63) is 30.3 Å². The van der Waals surface area contributed by atoms with Crippen LogP contribution in [0.25, 0.3) is 0 Å². The van der Waals surface area contributed by atoms with E-state index in [4.69, 9.17) is 4.74 Å². The molecule has 0 saturated carbocycles. The van der Waals surface area contributed by atoms with Gasteiger partial charge >= 0.3 is 0 Å². The number of benzene rings is 1. The number of ether oxygens (including phenoxy) is 1. The smallest absolute Gasteiger partial charge is 0.226 e. The highest BCUT2D eigenvalue weighted by molar-refractivity contribution is 5.76. The van der Waals surface area contributed by atoms with E-state index < -0.39 is 0 Å². The van der Waals surface area contributed by atoms with Gasteiger partial charge in [0.05, 0.1) is 13.0 Å². The van der Waals surface area contributed by atoms with E-state index in [9.17, 15) is 4.79 Å². The van der Waals surface area contributed by atoms with Crippen LogP contribution in [0.5, 0.6) is 5.75 Å². The molecule has 1 heterocycles. The largest absolute Gasteiger partial charge is 0.493 e. The fourth-order valence-electron chi connectivity index (χ4n) is 2.68. The zero-order valence-corrected chi connectivity index (χ0v) is 12.9. The van der Waals surface area contributed by atoms with Crippen LogP contribution in [0.1, 0.15) is 32.6 Å². The molecule has 0 bridgehead atoms. The number of hydrogen-bond acceptors (Lipinski definition) is 3. The van der Waals surface area contributed by atoms with Gasteiger partial charge in [-0.3, -0.25) is 4.79 Å². The molecular weight excluding hydrogens is 264 g/mol. The normalized spacial score (nSPS) is 18.2. The van der Waals surface area contributed by atoms with Crippen molar-refractivity contribution in [3.63, 3.8) is 0 Å². The Morgan fingerprint density at radius 1 is 1.33 bits per heavy atom. The molecule has 21 heavy (non-hydrogen) atoms. The number of para-hydroxylation sites is 1. The predicted octanol–water partition coefficient (Wildman–Crippen LogP) is 2.45. The molecule has 1 aliphatic heterocycles. The Bertz CT molecular complexity index is 416. The molecular formula is C17H26N2O2. The molecule has 0 aliphatic carbocycles. The third-order valence-electron chi connectivity index (χ3n) is 3.92. The van der Waals surface area contributed by atoms with Crippen molar-refractivity contribution in [2.45, 2.75) is 38.6 Å². The SMILES string of the molecule is CCN(CC1CCCCN1)C(=O)CCOc1ccccc1. The standard InChI is InChI=1S/C17H26N2O2/c1-2-19(14-15-8-6-7-12-18-15)17(20)11-13-21-16-9-4-3-5-10-16/h3-5,9-10,15,18H,2,6-8,11-14H2,1H3. The molecule has 4 heteroatoms. The van der Waals surface area contributed by atoms with Crippen molar-refractivity contribution in [1.82, 2.24) is 10.2 Å². The summed E-state index contributed by atoms with van der Waals surface area (Å²) < 4.78 is 5.60. The van der Waals surface area contributed by atoms with Gasteiger partial charge in [0.25, 0.3) is 0 Å². The summed E-state index contributed by atoms with van der Waals surface area (Å²) in [6.45, 7) is 5.15. The first-order valence-electron chi connectivity index (χ1n) is 7.98. The van der Waals surface area contributed by atoms with Gasteiger partial charge in [0.2, 0.25) is 5.91 Å². The number of likely N-dealkylation sites (N-methyl/N-ethyl adjacent to an activating group) is 1. The molecule has 1 amide bonds. The van der Waals surface area contributed by atoms with Crippen LogP contribution >= 0.6 is 0 Å². The predicted molar refractivity (Wildman–Crippen MR) is 84.4 cm³/mol. The highest BCUT2D eigenvalue weighted by Gasteiger charge is 2.19. The Hall–Kier alpha value is -1.55. The Morgan fingerprint density at radius 2 is 2.14 bits per heavy atom. The fraction of sp³-hybridized carbons (Fsp3) is 0.588. The number of carbonyl (C=O) groups is 1. The van der Waals surface area contributed by atoms with E-state index >= 15 is 0 Å². The van der Waals surface area contributed by atoms with Gasteiger partial charge in [-0.15, -0.1) is 0 Å². The molecule has 1 unspecified atom stereocenters. The van der Waals surface area contributed by atoms with Gasteiger partial charge in [0, 0.05) is 19.1 Å². The lowest BCUT2D eigenvalue weighted by Gasteiger charge is -2.30. The zero-order chi connectivity index (χ0) is 14.9. The molecule has 1 fully saturated rings. The lowest BCUT2D eigenvalue weighted by Crippen LogP contribution is -2.45. The molecule has 1 aromatic carbocycles. The van der Waals surface area contributed by atoms with Crippen LogP contribution in [0.2, 0.25) is 0 Å². The van der Waals surface area contributed by atoms with Crippen molar-refractivity contribution in [2.24, 2.45) is 0 Å². The second-order valence-corrected chi connectivity index (χ2v) is 5.49. The maximum atomic E-state index is 12.3. The number of rotatable bonds is 7. The van der Waals surface area contributed by atoms with Crippen molar-refractivity contribution < 1.29 is 9.53 Å². The third-order valence-corrected chi connectivity index (χ3v) is 3.92. The van der Waals surface area contributed by atoms with Crippen LogP contribution < -0.4 is 10.1 Å². The van der Waals surface area contributed by atoms with Gasteiger partial charge in [-0.05, 0) is 38.4 Å². The Labute approximate surface area is 127 Å².